The van der Waals surface area contributed by atoms with Crippen molar-refractivity contribution in [2.45, 2.75) is 6.04 Å². The molecule has 0 aliphatic rings. The minimum absolute atomic E-state index is 0.0592. The third-order valence-corrected chi connectivity index (χ3v) is 3.01. The van der Waals surface area contributed by atoms with Crippen molar-refractivity contribution in [3.63, 3.8) is 0 Å². The summed E-state index contributed by atoms with van der Waals surface area (Å²) < 4.78 is 39.6. The topological polar surface area (TPSA) is 26.0 Å². The van der Waals surface area contributed by atoms with Gasteiger partial charge in [0, 0.05) is 11.6 Å². The molecule has 94 valence electrons. The fourth-order valence-electron chi connectivity index (χ4n) is 1.68. The maximum atomic E-state index is 13.6. The maximum absolute atomic E-state index is 13.6. The molecule has 0 aliphatic heterocycles. The van der Waals surface area contributed by atoms with Gasteiger partial charge in [0.05, 0.1) is 11.1 Å². The molecule has 2 aromatic rings. The average molecular weight is 272 g/mol. The molecule has 0 amide bonds. The van der Waals surface area contributed by atoms with Crippen molar-refractivity contribution in [2.24, 2.45) is 5.73 Å². The van der Waals surface area contributed by atoms with Crippen LogP contribution in [0.15, 0.2) is 36.4 Å². The monoisotopic (exact) mass is 271 g/mol. The van der Waals surface area contributed by atoms with E-state index >= 15 is 0 Å². The molecule has 0 saturated carbocycles. The first-order chi connectivity index (χ1) is 8.50. The summed E-state index contributed by atoms with van der Waals surface area (Å²) in [5, 5.41) is -0.159. The van der Waals surface area contributed by atoms with Crippen molar-refractivity contribution in [2.75, 3.05) is 0 Å². The van der Waals surface area contributed by atoms with Crippen molar-refractivity contribution >= 4 is 11.6 Å². The average Bonchev–Trinajstić information content (AvgIpc) is 2.32. The minimum atomic E-state index is -0.950. The summed E-state index contributed by atoms with van der Waals surface area (Å²) in [6.07, 6.45) is 0. The Hall–Kier alpha value is -1.52. The van der Waals surface area contributed by atoms with E-state index in [0.29, 0.717) is 0 Å². The van der Waals surface area contributed by atoms with Crippen LogP contribution in [-0.4, -0.2) is 0 Å². The van der Waals surface area contributed by atoms with Gasteiger partial charge in [-0.1, -0.05) is 29.8 Å². The predicted octanol–water partition coefficient (Wildman–Crippen LogP) is 3.81. The molecule has 0 spiro atoms. The molecule has 0 heterocycles. The molecule has 5 heteroatoms. The lowest BCUT2D eigenvalue weighted by molar-refractivity contribution is 0.565. The zero-order valence-electron chi connectivity index (χ0n) is 9.13. The number of hydrogen-bond donors (Lipinski definition) is 1. The summed E-state index contributed by atoms with van der Waals surface area (Å²) in [5.41, 5.74) is 6.13. The predicted molar refractivity (Wildman–Crippen MR) is 63.8 cm³/mol. The Morgan fingerprint density at radius 3 is 2.33 bits per heavy atom. The molecule has 1 atom stereocenters. The van der Waals surface area contributed by atoms with E-state index in [1.54, 1.807) is 0 Å². The Kier molecular flexibility index (Phi) is 3.59. The first-order valence-electron chi connectivity index (χ1n) is 5.15. The van der Waals surface area contributed by atoms with E-state index in [1.807, 2.05) is 0 Å². The highest BCUT2D eigenvalue weighted by molar-refractivity contribution is 6.31. The van der Waals surface area contributed by atoms with Gasteiger partial charge in [-0.15, -0.1) is 0 Å². The van der Waals surface area contributed by atoms with Crippen molar-refractivity contribution in [3.8, 4) is 0 Å². The molecule has 0 bridgehead atoms. The second-order valence-corrected chi connectivity index (χ2v) is 4.16. The van der Waals surface area contributed by atoms with E-state index in [9.17, 15) is 13.2 Å². The van der Waals surface area contributed by atoms with Gasteiger partial charge < -0.3 is 5.73 Å². The van der Waals surface area contributed by atoms with Gasteiger partial charge in [-0.05, 0) is 17.7 Å². The molecule has 0 fully saturated rings. The van der Waals surface area contributed by atoms with E-state index in [0.717, 1.165) is 12.1 Å². The van der Waals surface area contributed by atoms with Gasteiger partial charge in [0.15, 0.2) is 0 Å². The summed E-state index contributed by atoms with van der Waals surface area (Å²) in [7, 11) is 0. The Balaban J connectivity index is 2.48. The Morgan fingerprint density at radius 2 is 1.67 bits per heavy atom. The zero-order chi connectivity index (χ0) is 13.3. The standard InChI is InChI=1S/C13H9ClF3N/c14-12-9(2-1-3-10(12)16)13(18)8-5-4-7(15)6-11(8)17/h1-6,13H,18H2. The second-order valence-electron chi connectivity index (χ2n) is 3.79. The molecule has 0 aromatic heterocycles. The second kappa shape index (κ2) is 5.00. The van der Waals surface area contributed by atoms with Crippen LogP contribution in [0.2, 0.25) is 5.02 Å². The maximum Gasteiger partial charge on any atom is 0.142 e. The highest BCUT2D eigenvalue weighted by Gasteiger charge is 2.18. The summed E-state index contributed by atoms with van der Waals surface area (Å²) >= 11 is 5.77. The van der Waals surface area contributed by atoms with Crippen LogP contribution in [0.3, 0.4) is 0 Å². The van der Waals surface area contributed by atoms with Crippen molar-refractivity contribution < 1.29 is 13.2 Å². The first-order valence-corrected chi connectivity index (χ1v) is 5.53. The Bertz CT molecular complexity index is 586. The lowest BCUT2D eigenvalue weighted by Crippen LogP contribution is -2.14. The molecule has 0 saturated heterocycles. The molecule has 2 aromatic carbocycles. The molecule has 2 rings (SSSR count). The van der Waals surface area contributed by atoms with Crippen LogP contribution in [-0.2, 0) is 0 Å². The number of rotatable bonds is 2. The molecule has 1 unspecified atom stereocenters. The summed E-state index contributed by atoms with van der Waals surface area (Å²) in [6, 6.07) is 6.19. The van der Waals surface area contributed by atoms with Gasteiger partial charge in [-0.25, -0.2) is 13.2 Å². The number of benzene rings is 2. The van der Waals surface area contributed by atoms with Gasteiger partial charge >= 0.3 is 0 Å². The normalized spacial score (nSPS) is 12.5. The van der Waals surface area contributed by atoms with E-state index in [2.05, 4.69) is 0 Å². The fraction of sp³-hybridized carbons (Fsp3) is 0.0769. The van der Waals surface area contributed by atoms with Crippen LogP contribution >= 0.6 is 11.6 Å². The zero-order valence-corrected chi connectivity index (χ0v) is 9.89. The number of halogens is 4. The van der Waals surface area contributed by atoms with Crippen molar-refractivity contribution in [1.29, 1.82) is 0 Å². The summed E-state index contributed by atoms with van der Waals surface area (Å²) in [5.74, 6) is -2.12. The largest absolute Gasteiger partial charge is 0.320 e. The smallest absolute Gasteiger partial charge is 0.142 e. The van der Waals surface area contributed by atoms with E-state index in [4.69, 9.17) is 17.3 Å². The van der Waals surface area contributed by atoms with E-state index in [-0.39, 0.29) is 16.1 Å². The van der Waals surface area contributed by atoms with Gasteiger partial charge in [0.25, 0.3) is 0 Å². The lowest BCUT2D eigenvalue weighted by atomic mass is 9.99. The van der Waals surface area contributed by atoms with E-state index in [1.165, 1.54) is 24.3 Å². The van der Waals surface area contributed by atoms with Crippen LogP contribution in [0.5, 0.6) is 0 Å². The lowest BCUT2D eigenvalue weighted by Gasteiger charge is -2.15. The Labute approximate surface area is 107 Å². The number of hydrogen-bond acceptors (Lipinski definition) is 1. The highest BCUT2D eigenvalue weighted by Crippen LogP contribution is 2.29. The quantitative estimate of drug-likeness (QED) is 0.883. The molecule has 1 nitrogen and oxygen atoms in total. The molecular weight excluding hydrogens is 263 g/mol. The van der Waals surface area contributed by atoms with Gasteiger partial charge in [0.1, 0.15) is 17.5 Å². The fourth-order valence-corrected chi connectivity index (χ4v) is 1.93. The summed E-state index contributed by atoms with van der Waals surface area (Å²) in [6.45, 7) is 0. The minimum Gasteiger partial charge on any atom is -0.320 e. The SMILES string of the molecule is NC(c1ccc(F)cc1F)c1cccc(F)c1Cl. The first kappa shape index (κ1) is 12.9. The molecule has 2 N–H and O–H groups in total. The highest BCUT2D eigenvalue weighted by atomic mass is 35.5. The van der Waals surface area contributed by atoms with E-state index < -0.39 is 23.5 Å². The van der Waals surface area contributed by atoms with Crippen LogP contribution in [0, 0.1) is 17.5 Å². The molecule has 0 radical (unpaired) electrons. The van der Waals surface area contributed by atoms with Crippen molar-refractivity contribution in [1.82, 2.24) is 0 Å². The van der Waals surface area contributed by atoms with Gasteiger partial charge in [0.2, 0.25) is 0 Å². The van der Waals surface area contributed by atoms with Crippen LogP contribution in [0.4, 0.5) is 13.2 Å². The molecular formula is C13H9ClF3N. The third kappa shape index (κ3) is 2.35. The van der Waals surface area contributed by atoms with Crippen LogP contribution < -0.4 is 5.73 Å². The van der Waals surface area contributed by atoms with Crippen molar-refractivity contribution in [3.05, 3.63) is 70.0 Å². The Morgan fingerprint density at radius 1 is 0.944 bits per heavy atom. The van der Waals surface area contributed by atoms with Crippen LogP contribution in [0.25, 0.3) is 0 Å². The third-order valence-electron chi connectivity index (χ3n) is 2.61. The number of nitrogens with two attached hydrogens (primary N) is 1. The van der Waals surface area contributed by atoms with Gasteiger partial charge in [-0.3, -0.25) is 0 Å². The van der Waals surface area contributed by atoms with Crippen LogP contribution in [0.1, 0.15) is 17.2 Å². The summed E-state index contributed by atoms with van der Waals surface area (Å²) in [4.78, 5) is 0. The molecule has 18 heavy (non-hydrogen) atoms. The van der Waals surface area contributed by atoms with Gasteiger partial charge in [-0.2, -0.15) is 0 Å². The molecule has 0 aliphatic carbocycles.